The normalized spacial score (nSPS) is 13.3. The lowest BCUT2D eigenvalue weighted by molar-refractivity contribution is 0.637. The van der Waals surface area contributed by atoms with Crippen LogP contribution in [0.15, 0.2) is 209 Å². The quantitative estimate of drug-likeness (QED) is 0.129. The SMILES string of the molecule is c1cc2c3c(c1)N(c1ccc4c5ccccc5c5ccccc5c4c1)c1c(oc4ccccc14)B3c1oc3ccccc3c1N2c1ccc2c3ccccc3c3ccccc3c2c1. The number of rotatable bonds is 2. The Hall–Kier alpha value is -8.28. The van der Waals surface area contributed by atoms with Gasteiger partial charge in [0, 0.05) is 33.5 Å². The van der Waals surface area contributed by atoms with Crippen LogP contribution < -0.4 is 26.6 Å². The van der Waals surface area contributed by atoms with Crippen LogP contribution in [0.3, 0.4) is 0 Å². The summed E-state index contributed by atoms with van der Waals surface area (Å²) < 4.78 is 14.3. The fourth-order valence-corrected chi connectivity index (χ4v) is 11.4. The molecule has 0 amide bonds. The van der Waals surface area contributed by atoms with Gasteiger partial charge in [-0.3, -0.25) is 0 Å². The summed E-state index contributed by atoms with van der Waals surface area (Å²) in [6.45, 7) is -0.288. The van der Waals surface area contributed by atoms with Gasteiger partial charge in [-0.05, 0) is 131 Å². The Balaban J connectivity index is 1.04. The van der Waals surface area contributed by atoms with Crippen molar-refractivity contribution in [2.75, 3.05) is 9.80 Å². The van der Waals surface area contributed by atoms with Crippen molar-refractivity contribution in [1.29, 1.82) is 0 Å². The molecule has 4 nitrogen and oxygen atoms in total. The standard InChI is InChI=1S/C58H33BN2O2/c1-3-18-40-36(14-1)38-16-5-7-20-42(38)48-32-34(28-30-44(40)48)60-50-24-13-25-51-54(50)59(57-55(60)46-22-9-11-26-52(46)62-57)58-56(47-23-10-12-27-53(47)63-58)61(51)35-29-31-45-41-19-4-2-15-37(41)39-17-6-8-21-43(39)49(45)33-35/h1-33H. The predicted molar refractivity (Wildman–Crippen MR) is 265 cm³/mol. The van der Waals surface area contributed by atoms with Crippen LogP contribution in [0, 0.1) is 0 Å². The van der Waals surface area contributed by atoms with Crippen LogP contribution in [-0.4, -0.2) is 6.71 Å². The van der Waals surface area contributed by atoms with Crippen molar-refractivity contribution in [1.82, 2.24) is 0 Å². The number of furan rings is 2. The minimum atomic E-state index is -0.288. The molecule has 0 aliphatic carbocycles. The molecule has 15 rings (SSSR count). The Morgan fingerprint density at radius 2 is 0.603 bits per heavy atom. The molecule has 0 saturated carbocycles. The summed E-state index contributed by atoms with van der Waals surface area (Å²) >= 11 is 0. The first-order valence-electron chi connectivity index (χ1n) is 21.7. The molecular formula is C58H33BN2O2. The van der Waals surface area contributed by atoms with Gasteiger partial charge in [-0.1, -0.05) is 140 Å². The molecule has 0 bridgehead atoms. The van der Waals surface area contributed by atoms with Crippen molar-refractivity contribution < 1.29 is 8.83 Å². The van der Waals surface area contributed by atoms with E-state index in [0.717, 1.165) is 72.8 Å². The van der Waals surface area contributed by atoms with Gasteiger partial charge in [0.15, 0.2) is 0 Å². The van der Waals surface area contributed by atoms with E-state index in [-0.39, 0.29) is 6.71 Å². The average Bonchev–Trinajstić information content (AvgIpc) is 3.93. The molecule has 0 atom stereocenters. The fourth-order valence-electron chi connectivity index (χ4n) is 11.4. The number of hydrogen-bond acceptors (Lipinski definition) is 4. The molecule has 0 N–H and O–H groups in total. The van der Waals surface area contributed by atoms with Crippen LogP contribution in [0.4, 0.5) is 34.1 Å². The maximum absolute atomic E-state index is 7.13. The molecule has 0 spiro atoms. The Labute approximate surface area is 361 Å². The molecule has 290 valence electrons. The van der Waals surface area contributed by atoms with Crippen LogP contribution in [0.1, 0.15) is 0 Å². The van der Waals surface area contributed by atoms with E-state index < -0.39 is 0 Å². The summed E-state index contributed by atoms with van der Waals surface area (Å²) in [6, 6.07) is 72.9. The zero-order valence-electron chi connectivity index (χ0n) is 33.8. The Morgan fingerprint density at radius 1 is 0.286 bits per heavy atom. The average molecular weight is 801 g/mol. The second-order valence-electron chi connectivity index (χ2n) is 17.1. The van der Waals surface area contributed by atoms with Crippen molar-refractivity contribution in [3.8, 4) is 0 Å². The number of nitrogens with zero attached hydrogens (tertiary/aromatic N) is 2. The van der Waals surface area contributed by atoms with Gasteiger partial charge in [0.2, 0.25) is 0 Å². The third-order valence-corrected chi connectivity index (χ3v) is 14.0. The van der Waals surface area contributed by atoms with Gasteiger partial charge in [-0.2, -0.15) is 0 Å². The second kappa shape index (κ2) is 12.2. The summed E-state index contributed by atoms with van der Waals surface area (Å²) in [5, 5.41) is 17.1. The van der Waals surface area contributed by atoms with Crippen molar-refractivity contribution in [3.63, 3.8) is 0 Å². The topological polar surface area (TPSA) is 32.8 Å². The van der Waals surface area contributed by atoms with E-state index in [9.17, 15) is 0 Å². The number of para-hydroxylation sites is 2. The number of anilines is 6. The lowest BCUT2D eigenvalue weighted by Gasteiger charge is -2.40. The van der Waals surface area contributed by atoms with Gasteiger partial charge in [0.1, 0.15) is 22.5 Å². The summed E-state index contributed by atoms with van der Waals surface area (Å²) in [4.78, 5) is 4.90. The van der Waals surface area contributed by atoms with Crippen LogP contribution in [0.2, 0.25) is 0 Å². The van der Waals surface area contributed by atoms with Crippen molar-refractivity contribution >= 4 is 144 Å². The molecule has 0 unspecified atom stereocenters. The summed E-state index contributed by atoms with van der Waals surface area (Å²) in [7, 11) is 0. The van der Waals surface area contributed by atoms with Gasteiger partial charge >= 0.3 is 6.71 Å². The van der Waals surface area contributed by atoms with E-state index in [1.54, 1.807) is 0 Å². The molecule has 0 fully saturated rings. The van der Waals surface area contributed by atoms with Crippen LogP contribution in [0.25, 0.3) is 86.6 Å². The molecule has 2 aliphatic heterocycles. The smallest absolute Gasteiger partial charge is 0.342 e. The van der Waals surface area contributed by atoms with Crippen LogP contribution in [0.5, 0.6) is 0 Å². The molecule has 63 heavy (non-hydrogen) atoms. The van der Waals surface area contributed by atoms with E-state index in [1.165, 1.54) is 64.6 Å². The summed E-state index contributed by atoms with van der Waals surface area (Å²) in [5.41, 5.74) is 11.1. The Kier molecular flexibility index (Phi) is 6.47. The molecule has 0 radical (unpaired) electrons. The van der Waals surface area contributed by atoms with Crippen LogP contribution >= 0.6 is 0 Å². The second-order valence-corrected chi connectivity index (χ2v) is 17.1. The van der Waals surface area contributed by atoms with Gasteiger partial charge in [0.05, 0.1) is 11.4 Å². The van der Waals surface area contributed by atoms with E-state index >= 15 is 0 Å². The minimum Gasteiger partial charge on any atom is -0.468 e. The minimum absolute atomic E-state index is 0.288. The molecule has 0 saturated heterocycles. The van der Waals surface area contributed by atoms with Crippen molar-refractivity contribution in [2.24, 2.45) is 0 Å². The van der Waals surface area contributed by atoms with E-state index in [1.807, 2.05) is 0 Å². The highest BCUT2D eigenvalue weighted by atomic mass is 16.3. The maximum Gasteiger partial charge on any atom is 0.342 e. The lowest BCUT2D eigenvalue weighted by atomic mass is 9.37. The van der Waals surface area contributed by atoms with E-state index in [2.05, 4.69) is 210 Å². The Morgan fingerprint density at radius 3 is 0.984 bits per heavy atom. The van der Waals surface area contributed by atoms with E-state index in [0.29, 0.717) is 0 Å². The molecule has 11 aromatic carbocycles. The van der Waals surface area contributed by atoms with Crippen LogP contribution in [-0.2, 0) is 0 Å². The fraction of sp³-hybridized carbons (Fsp3) is 0. The number of benzene rings is 11. The third-order valence-electron chi connectivity index (χ3n) is 14.0. The summed E-state index contributed by atoms with van der Waals surface area (Å²) in [5.74, 6) is 0. The molecule has 5 heteroatoms. The first-order chi connectivity index (χ1) is 31.3. The first kappa shape index (κ1) is 33.4. The lowest BCUT2D eigenvalue weighted by Crippen LogP contribution is -2.60. The van der Waals surface area contributed by atoms with Crippen molar-refractivity contribution in [3.05, 3.63) is 200 Å². The third kappa shape index (κ3) is 4.35. The molecule has 4 heterocycles. The van der Waals surface area contributed by atoms with Crippen molar-refractivity contribution in [2.45, 2.75) is 0 Å². The van der Waals surface area contributed by atoms with Gasteiger partial charge in [0.25, 0.3) is 0 Å². The molecule has 2 aliphatic rings. The highest BCUT2D eigenvalue weighted by Gasteiger charge is 2.49. The monoisotopic (exact) mass is 800 g/mol. The number of fused-ring (bicyclic) bond motifs is 20. The largest absolute Gasteiger partial charge is 0.468 e. The molecular weight excluding hydrogens is 767 g/mol. The number of hydrogen-bond donors (Lipinski definition) is 0. The Bertz CT molecular complexity index is 3810. The van der Waals surface area contributed by atoms with Gasteiger partial charge in [-0.15, -0.1) is 0 Å². The van der Waals surface area contributed by atoms with E-state index in [4.69, 9.17) is 8.83 Å². The predicted octanol–water partition coefficient (Wildman–Crippen LogP) is 14.2. The molecule has 2 aromatic heterocycles. The first-order valence-corrected chi connectivity index (χ1v) is 21.7. The zero-order chi connectivity index (χ0) is 40.9. The summed E-state index contributed by atoms with van der Waals surface area (Å²) in [6.07, 6.45) is 0. The zero-order valence-corrected chi connectivity index (χ0v) is 33.8. The highest BCUT2D eigenvalue weighted by Crippen LogP contribution is 2.50. The maximum atomic E-state index is 7.13. The highest BCUT2D eigenvalue weighted by molar-refractivity contribution is 6.99. The molecule has 13 aromatic rings. The van der Waals surface area contributed by atoms with Gasteiger partial charge < -0.3 is 18.6 Å². The van der Waals surface area contributed by atoms with Gasteiger partial charge in [-0.25, -0.2) is 0 Å².